The standard InChI is InChI=1S/C17H23N3O/c1-12-13(10-18-5)11-19-16(20-12)21-15-8-6-14(7-9-15)17(2,3)4/h6-9,11,18H,10H2,1-5H3. The van der Waals surface area contributed by atoms with Crippen LogP contribution in [0.2, 0.25) is 0 Å². The van der Waals surface area contributed by atoms with Crippen molar-refractivity contribution in [2.45, 2.75) is 39.7 Å². The summed E-state index contributed by atoms with van der Waals surface area (Å²) in [6.45, 7) is 9.29. The van der Waals surface area contributed by atoms with Crippen molar-refractivity contribution < 1.29 is 4.74 Å². The summed E-state index contributed by atoms with van der Waals surface area (Å²) < 4.78 is 5.72. The highest BCUT2D eigenvalue weighted by atomic mass is 16.5. The van der Waals surface area contributed by atoms with Gasteiger partial charge in [0.15, 0.2) is 0 Å². The molecule has 0 radical (unpaired) electrons. The van der Waals surface area contributed by atoms with Crippen LogP contribution in [0.25, 0.3) is 0 Å². The van der Waals surface area contributed by atoms with Crippen molar-refractivity contribution in [1.29, 1.82) is 0 Å². The molecule has 0 aliphatic heterocycles. The number of ether oxygens (including phenoxy) is 1. The van der Waals surface area contributed by atoms with Gasteiger partial charge in [0.1, 0.15) is 5.75 Å². The van der Waals surface area contributed by atoms with Gasteiger partial charge in [-0.1, -0.05) is 32.9 Å². The van der Waals surface area contributed by atoms with Gasteiger partial charge in [0, 0.05) is 24.0 Å². The molecule has 0 amide bonds. The summed E-state index contributed by atoms with van der Waals surface area (Å²) in [5.41, 5.74) is 3.42. The van der Waals surface area contributed by atoms with E-state index < -0.39 is 0 Å². The molecule has 0 saturated carbocycles. The van der Waals surface area contributed by atoms with Crippen LogP contribution >= 0.6 is 0 Å². The molecule has 112 valence electrons. The van der Waals surface area contributed by atoms with E-state index in [2.05, 4.69) is 48.2 Å². The fraction of sp³-hybridized carbons (Fsp3) is 0.412. The second-order valence-corrected chi connectivity index (χ2v) is 6.17. The first kappa shape index (κ1) is 15.4. The Morgan fingerprint density at radius 3 is 2.33 bits per heavy atom. The third-order valence-electron chi connectivity index (χ3n) is 3.36. The van der Waals surface area contributed by atoms with Crippen LogP contribution in [-0.2, 0) is 12.0 Å². The molecule has 0 aliphatic carbocycles. The van der Waals surface area contributed by atoms with Crippen molar-refractivity contribution >= 4 is 0 Å². The number of benzene rings is 1. The molecule has 1 heterocycles. The maximum Gasteiger partial charge on any atom is 0.322 e. The average Bonchev–Trinajstić information content (AvgIpc) is 2.42. The monoisotopic (exact) mass is 285 g/mol. The maximum atomic E-state index is 5.72. The molecule has 0 bridgehead atoms. The Bertz CT molecular complexity index is 600. The zero-order valence-electron chi connectivity index (χ0n) is 13.4. The molecule has 0 saturated heterocycles. The third kappa shape index (κ3) is 4.02. The second kappa shape index (κ2) is 6.22. The SMILES string of the molecule is CNCc1cnc(Oc2ccc(C(C)(C)C)cc2)nc1C. The lowest BCUT2D eigenvalue weighted by Crippen LogP contribution is -2.10. The van der Waals surface area contributed by atoms with Gasteiger partial charge in [-0.3, -0.25) is 0 Å². The number of aryl methyl sites for hydroxylation is 1. The lowest BCUT2D eigenvalue weighted by atomic mass is 9.87. The summed E-state index contributed by atoms with van der Waals surface area (Å²) in [4.78, 5) is 8.64. The topological polar surface area (TPSA) is 47.0 Å². The van der Waals surface area contributed by atoms with Crippen LogP contribution < -0.4 is 10.1 Å². The summed E-state index contributed by atoms with van der Waals surface area (Å²) in [7, 11) is 1.90. The summed E-state index contributed by atoms with van der Waals surface area (Å²) in [5.74, 6) is 0.753. The van der Waals surface area contributed by atoms with Gasteiger partial charge in [0.25, 0.3) is 0 Å². The van der Waals surface area contributed by atoms with Crippen LogP contribution in [0.4, 0.5) is 0 Å². The molecule has 1 N–H and O–H groups in total. The minimum atomic E-state index is 0.139. The van der Waals surface area contributed by atoms with Gasteiger partial charge in [-0.2, -0.15) is 4.98 Å². The van der Waals surface area contributed by atoms with Crippen molar-refractivity contribution in [3.63, 3.8) is 0 Å². The maximum absolute atomic E-state index is 5.72. The Labute approximate surface area is 126 Å². The molecule has 1 aromatic heterocycles. The highest BCUT2D eigenvalue weighted by Crippen LogP contribution is 2.25. The Hall–Kier alpha value is -1.94. The van der Waals surface area contributed by atoms with Crippen molar-refractivity contribution in [3.05, 3.63) is 47.3 Å². The van der Waals surface area contributed by atoms with E-state index in [1.165, 1.54) is 5.56 Å². The van der Waals surface area contributed by atoms with E-state index in [0.717, 1.165) is 23.6 Å². The van der Waals surface area contributed by atoms with Crippen LogP contribution in [0, 0.1) is 6.92 Å². The molecule has 4 nitrogen and oxygen atoms in total. The van der Waals surface area contributed by atoms with Gasteiger partial charge in [-0.15, -0.1) is 0 Å². The Balaban J connectivity index is 2.13. The molecule has 0 unspecified atom stereocenters. The van der Waals surface area contributed by atoms with Crippen LogP contribution in [0.15, 0.2) is 30.5 Å². The van der Waals surface area contributed by atoms with E-state index in [0.29, 0.717) is 6.01 Å². The molecule has 0 aliphatic rings. The van der Waals surface area contributed by atoms with Crippen LogP contribution in [0.1, 0.15) is 37.6 Å². The molecule has 1 aromatic carbocycles. The number of rotatable bonds is 4. The predicted molar refractivity (Wildman–Crippen MR) is 84.7 cm³/mol. The van der Waals surface area contributed by atoms with Crippen molar-refractivity contribution in [1.82, 2.24) is 15.3 Å². The quantitative estimate of drug-likeness (QED) is 0.932. The van der Waals surface area contributed by atoms with E-state index in [-0.39, 0.29) is 5.41 Å². The Kier molecular flexibility index (Phi) is 4.58. The van der Waals surface area contributed by atoms with E-state index in [4.69, 9.17) is 4.74 Å². The van der Waals surface area contributed by atoms with Gasteiger partial charge >= 0.3 is 6.01 Å². The van der Waals surface area contributed by atoms with E-state index >= 15 is 0 Å². The lowest BCUT2D eigenvalue weighted by molar-refractivity contribution is 0.438. The normalized spacial score (nSPS) is 11.5. The Morgan fingerprint density at radius 2 is 1.81 bits per heavy atom. The van der Waals surface area contributed by atoms with Crippen LogP contribution in [0.3, 0.4) is 0 Å². The molecule has 0 atom stereocenters. The van der Waals surface area contributed by atoms with Gasteiger partial charge in [-0.25, -0.2) is 4.98 Å². The average molecular weight is 285 g/mol. The largest absolute Gasteiger partial charge is 0.424 e. The third-order valence-corrected chi connectivity index (χ3v) is 3.36. The van der Waals surface area contributed by atoms with Gasteiger partial charge in [-0.05, 0) is 37.1 Å². The van der Waals surface area contributed by atoms with Gasteiger partial charge in [0.05, 0.1) is 0 Å². The highest BCUT2D eigenvalue weighted by Gasteiger charge is 2.13. The zero-order valence-corrected chi connectivity index (χ0v) is 13.4. The summed E-state index contributed by atoms with van der Waals surface area (Å²) >= 11 is 0. The fourth-order valence-electron chi connectivity index (χ4n) is 2.01. The molecule has 2 rings (SSSR count). The predicted octanol–water partition coefficient (Wildman–Crippen LogP) is 3.59. The summed E-state index contributed by atoms with van der Waals surface area (Å²) in [6.07, 6.45) is 1.80. The summed E-state index contributed by atoms with van der Waals surface area (Å²) in [5, 5.41) is 3.09. The highest BCUT2D eigenvalue weighted by molar-refractivity contribution is 5.32. The van der Waals surface area contributed by atoms with Crippen molar-refractivity contribution in [2.75, 3.05) is 7.05 Å². The zero-order chi connectivity index (χ0) is 15.5. The van der Waals surface area contributed by atoms with Crippen molar-refractivity contribution in [3.8, 4) is 11.8 Å². The first-order chi connectivity index (χ1) is 9.90. The number of nitrogens with one attached hydrogen (secondary N) is 1. The van der Waals surface area contributed by atoms with E-state index in [1.54, 1.807) is 6.20 Å². The van der Waals surface area contributed by atoms with Crippen molar-refractivity contribution in [2.24, 2.45) is 0 Å². The Morgan fingerprint density at radius 1 is 1.14 bits per heavy atom. The fourth-order valence-corrected chi connectivity index (χ4v) is 2.01. The van der Waals surface area contributed by atoms with Crippen LogP contribution in [0.5, 0.6) is 11.8 Å². The van der Waals surface area contributed by atoms with Gasteiger partial charge < -0.3 is 10.1 Å². The summed E-state index contributed by atoms with van der Waals surface area (Å²) in [6, 6.07) is 8.47. The number of hydrogen-bond donors (Lipinski definition) is 1. The van der Waals surface area contributed by atoms with Crippen LogP contribution in [-0.4, -0.2) is 17.0 Å². The first-order valence-electron chi connectivity index (χ1n) is 7.15. The molecule has 4 heteroatoms. The molecule has 2 aromatic rings. The minimum absolute atomic E-state index is 0.139. The first-order valence-corrected chi connectivity index (χ1v) is 7.15. The molecule has 21 heavy (non-hydrogen) atoms. The smallest absolute Gasteiger partial charge is 0.322 e. The van der Waals surface area contributed by atoms with E-state index in [9.17, 15) is 0 Å². The minimum Gasteiger partial charge on any atom is -0.424 e. The lowest BCUT2D eigenvalue weighted by Gasteiger charge is -2.19. The molecular formula is C17H23N3O. The van der Waals surface area contributed by atoms with E-state index in [1.807, 2.05) is 26.1 Å². The van der Waals surface area contributed by atoms with Gasteiger partial charge in [0.2, 0.25) is 0 Å². The molecular weight excluding hydrogens is 262 g/mol. The molecule has 0 spiro atoms. The molecule has 0 fully saturated rings. The number of aromatic nitrogens is 2. The number of hydrogen-bond acceptors (Lipinski definition) is 4. The number of nitrogens with zero attached hydrogens (tertiary/aromatic N) is 2. The second-order valence-electron chi connectivity index (χ2n) is 6.17.